The zero-order valence-corrected chi connectivity index (χ0v) is 14.5. The lowest BCUT2D eigenvalue weighted by Gasteiger charge is -2.18. The molecule has 5 N–H and O–H groups in total. The maximum Gasteiger partial charge on any atom is 0.320 e. The largest absolute Gasteiger partial charge is 0.387 e. The Hall–Kier alpha value is -3.46. The van der Waals surface area contributed by atoms with Crippen LogP contribution in [-0.4, -0.2) is 47.6 Å². The van der Waals surface area contributed by atoms with E-state index >= 15 is 0 Å². The highest BCUT2D eigenvalue weighted by Crippen LogP contribution is 2.12. The number of carbonyl (C=O) groups excluding carboxylic acids is 3. The van der Waals surface area contributed by atoms with E-state index in [-0.39, 0.29) is 13.1 Å². The Balaban J connectivity index is 1.81. The minimum Gasteiger partial charge on any atom is -0.387 e. The summed E-state index contributed by atoms with van der Waals surface area (Å²) in [5, 5.41) is 19.1. The molecule has 0 saturated heterocycles. The van der Waals surface area contributed by atoms with Gasteiger partial charge < -0.3 is 21.1 Å². The Labute approximate surface area is 156 Å². The summed E-state index contributed by atoms with van der Waals surface area (Å²) in [6, 6.07) is 12.4. The SMILES string of the molecule is O=C(CO)N[C@@H](C(=O)NCCNC(=O)Nc1ccccn1)c1ccccc1. The number of nitrogens with one attached hydrogen (secondary N) is 4. The van der Waals surface area contributed by atoms with Gasteiger partial charge in [-0.3, -0.25) is 14.9 Å². The third-order valence-electron chi connectivity index (χ3n) is 3.46. The van der Waals surface area contributed by atoms with E-state index in [2.05, 4.69) is 26.3 Å². The van der Waals surface area contributed by atoms with E-state index in [9.17, 15) is 14.4 Å². The van der Waals surface area contributed by atoms with Gasteiger partial charge in [-0.15, -0.1) is 0 Å². The lowest BCUT2D eigenvalue weighted by molar-refractivity contribution is -0.130. The van der Waals surface area contributed by atoms with Crippen molar-refractivity contribution in [2.24, 2.45) is 0 Å². The van der Waals surface area contributed by atoms with Crippen molar-refractivity contribution in [3.63, 3.8) is 0 Å². The quantitative estimate of drug-likeness (QED) is 0.422. The molecule has 27 heavy (non-hydrogen) atoms. The van der Waals surface area contributed by atoms with Gasteiger partial charge in [0.05, 0.1) is 0 Å². The Morgan fingerprint density at radius 3 is 2.33 bits per heavy atom. The first-order valence-corrected chi connectivity index (χ1v) is 8.29. The van der Waals surface area contributed by atoms with Crippen LogP contribution in [0.4, 0.5) is 10.6 Å². The van der Waals surface area contributed by atoms with Crippen molar-refractivity contribution in [3.8, 4) is 0 Å². The summed E-state index contributed by atoms with van der Waals surface area (Å²) in [5.74, 6) is -0.698. The topological polar surface area (TPSA) is 132 Å². The molecule has 2 rings (SSSR count). The summed E-state index contributed by atoms with van der Waals surface area (Å²) in [6.45, 7) is -0.376. The number of amides is 4. The standard InChI is InChI=1S/C18H21N5O4/c24-12-15(25)23-16(13-6-2-1-3-7-13)17(26)20-10-11-21-18(27)22-14-8-4-5-9-19-14/h1-9,16,24H,10-12H2,(H,20,26)(H,23,25)(H2,19,21,22,27)/t16-/m1/s1. The van der Waals surface area contributed by atoms with Gasteiger partial charge >= 0.3 is 6.03 Å². The van der Waals surface area contributed by atoms with Crippen LogP contribution in [0.3, 0.4) is 0 Å². The van der Waals surface area contributed by atoms with Crippen LogP contribution in [0.5, 0.6) is 0 Å². The van der Waals surface area contributed by atoms with Crippen LogP contribution >= 0.6 is 0 Å². The van der Waals surface area contributed by atoms with Crippen molar-refractivity contribution in [2.45, 2.75) is 6.04 Å². The van der Waals surface area contributed by atoms with E-state index in [0.29, 0.717) is 11.4 Å². The number of benzene rings is 1. The number of aliphatic hydroxyl groups is 1. The maximum absolute atomic E-state index is 12.4. The van der Waals surface area contributed by atoms with Crippen molar-refractivity contribution >= 4 is 23.7 Å². The molecule has 1 aromatic heterocycles. The molecular weight excluding hydrogens is 350 g/mol. The molecule has 142 valence electrons. The summed E-state index contributed by atoms with van der Waals surface area (Å²) in [7, 11) is 0. The first-order chi connectivity index (χ1) is 13.1. The highest BCUT2D eigenvalue weighted by atomic mass is 16.3. The lowest BCUT2D eigenvalue weighted by atomic mass is 10.1. The van der Waals surface area contributed by atoms with Gasteiger partial charge in [0.25, 0.3) is 0 Å². The van der Waals surface area contributed by atoms with Crippen LogP contribution in [0.15, 0.2) is 54.7 Å². The Morgan fingerprint density at radius 1 is 0.963 bits per heavy atom. The van der Waals surface area contributed by atoms with Crippen LogP contribution < -0.4 is 21.3 Å². The molecule has 1 atom stereocenters. The second kappa shape index (κ2) is 10.5. The molecule has 2 aromatic rings. The minimum absolute atomic E-state index is 0.160. The van der Waals surface area contributed by atoms with Gasteiger partial charge in [-0.25, -0.2) is 9.78 Å². The van der Waals surface area contributed by atoms with Crippen molar-refractivity contribution in [1.29, 1.82) is 0 Å². The highest BCUT2D eigenvalue weighted by molar-refractivity contribution is 5.89. The number of anilines is 1. The summed E-state index contributed by atoms with van der Waals surface area (Å²) in [6.07, 6.45) is 1.56. The van der Waals surface area contributed by atoms with Gasteiger partial charge in [-0.2, -0.15) is 0 Å². The molecule has 9 heteroatoms. The van der Waals surface area contributed by atoms with E-state index in [1.165, 1.54) is 0 Å². The fraction of sp³-hybridized carbons (Fsp3) is 0.222. The molecule has 0 fully saturated rings. The van der Waals surface area contributed by atoms with Crippen molar-refractivity contribution in [2.75, 3.05) is 25.0 Å². The molecule has 0 unspecified atom stereocenters. The van der Waals surface area contributed by atoms with Gasteiger partial charge in [-0.05, 0) is 17.7 Å². The monoisotopic (exact) mass is 371 g/mol. The predicted molar refractivity (Wildman–Crippen MR) is 98.7 cm³/mol. The molecule has 0 spiro atoms. The highest BCUT2D eigenvalue weighted by Gasteiger charge is 2.21. The number of urea groups is 1. The fourth-order valence-electron chi connectivity index (χ4n) is 2.21. The smallest absolute Gasteiger partial charge is 0.320 e. The normalized spacial score (nSPS) is 11.1. The lowest BCUT2D eigenvalue weighted by Crippen LogP contribution is -2.44. The first-order valence-electron chi connectivity index (χ1n) is 8.29. The van der Waals surface area contributed by atoms with Crippen LogP contribution in [0.25, 0.3) is 0 Å². The molecule has 9 nitrogen and oxygen atoms in total. The van der Waals surface area contributed by atoms with Crippen molar-refractivity contribution in [1.82, 2.24) is 20.9 Å². The molecule has 0 saturated carbocycles. The van der Waals surface area contributed by atoms with Gasteiger partial charge in [0.15, 0.2) is 0 Å². The molecule has 1 aromatic carbocycles. The van der Waals surface area contributed by atoms with Gasteiger partial charge in [0, 0.05) is 19.3 Å². The molecule has 0 radical (unpaired) electrons. The molecule has 0 aliphatic rings. The first kappa shape index (κ1) is 19.9. The zero-order valence-electron chi connectivity index (χ0n) is 14.5. The fourth-order valence-corrected chi connectivity index (χ4v) is 2.21. The average Bonchev–Trinajstić information content (AvgIpc) is 2.70. The van der Waals surface area contributed by atoms with E-state index in [1.54, 1.807) is 54.7 Å². The Kier molecular flexibility index (Phi) is 7.73. The number of aliphatic hydroxyl groups excluding tert-OH is 1. The van der Waals surface area contributed by atoms with Gasteiger partial charge in [0.2, 0.25) is 11.8 Å². The van der Waals surface area contributed by atoms with Gasteiger partial charge in [-0.1, -0.05) is 36.4 Å². The Morgan fingerprint density at radius 2 is 1.67 bits per heavy atom. The van der Waals surface area contributed by atoms with E-state index in [4.69, 9.17) is 5.11 Å². The Bertz CT molecular complexity index is 755. The number of nitrogens with zero attached hydrogens (tertiary/aromatic N) is 1. The zero-order chi connectivity index (χ0) is 19.5. The number of carbonyl (C=O) groups is 3. The molecule has 4 amide bonds. The number of pyridine rings is 1. The minimum atomic E-state index is -0.937. The molecule has 0 aliphatic carbocycles. The molecule has 0 aliphatic heterocycles. The second-order valence-corrected chi connectivity index (χ2v) is 5.46. The van der Waals surface area contributed by atoms with Crippen molar-refractivity contribution < 1.29 is 19.5 Å². The number of hydrogen-bond donors (Lipinski definition) is 5. The van der Waals surface area contributed by atoms with E-state index in [0.717, 1.165) is 0 Å². The second-order valence-electron chi connectivity index (χ2n) is 5.46. The third-order valence-corrected chi connectivity index (χ3v) is 3.46. The number of hydrogen-bond acceptors (Lipinski definition) is 5. The van der Waals surface area contributed by atoms with Crippen LogP contribution in [0.1, 0.15) is 11.6 Å². The van der Waals surface area contributed by atoms with Crippen LogP contribution in [0.2, 0.25) is 0 Å². The molecule has 0 bridgehead atoms. The van der Waals surface area contributed by atoms with Gasteiger partial charge in [0.1, 0.15) is 18.5 Å². The summed E-state index contributed by atoms with van der Waals surface area (Å²) >= 11 is 0. The van der Waals surface area contributed by atoms with Crippen LogP contribution in [0, 0.1) is 0 Å². The maximum atomic E-state index is 12.4. The molecule has 1 heterocycles. The van der Waals surface area contributed by atoms with E-state index in [1.807, 2.05) is 0 Å². The number of aromatic nitrogens is 1. The average molecular weight is 371 g/mol. The van der Waals surface area contributed by atoms with E-state index < -0.39 is 30.5 Å². The summed E-state index contributed by atoms with van der Waals surface area (Å²) < 4.78 is 0. The molecular formula is C18H21N5O4. The van der Waals surface area contributed by atoms with Crippen molar-refractivity contribution in [3.05, 3.63) is 60.3 Å². The summed E-state index contributed by atoms with van der Waals surface area (Å²) in [5.41, 5.74) is 0.581. The summed E-state index contributed by atoms with van der Waals surface area (Å²) in [4.78, 5) is 39.6. The predicted octanol–water partition coefficient (Wildman–Crippen LogP) is 0.169. The number of rotatable bonds is 8. The van der Waals surface area contributed by atoms with Crippen LogP contribution in [-0.2, 0) is 9.59 Å². The third kappa shape index (κ3) is 6.75.